The van der Waals surface area contributed by atoms with Gasteiger partial charge >= 0.3 is 6.18 Å². The van der Waals surface area contributed by atoms with Gasteiger partial charge in [0, 0.05) is 29.2 Å². The number of nitrogens with zero attached hydrogens (tertiary/aromatic N) is 2. The molecule has 30 heavy (non-hydrogen) atoms. The van der Waals surface area contributed by atoms with Crippen molar-refractivity contribution in [3.63, 3.8) is 0 Å². The average molecular weight is 407 g/mol. The van der Waals surface area contributed by atoms with Gasteiger partial charge in [-0.05, 0) is 47.2 Å². The molecule has 0 amide bonds. The van der Waals surface area contributed by atoms with Crippen LogP contribution in [-0.2, 0) is 6.18 Å². The molecule has 4 aromatic rings. The van der Waals surface area contributed by atoms with Gasteiger partial charge in [0.15, 0.2) is 0 Å². The number of rotatable bonds is 5. The maximum atomic E-state index is 13.0. The summed E-state index contributed by atoms with van der Waals surface area (Å²) in [7, 11) is 0. The monoisotopic (exact) mass is 407 g/mol. The molecule has 1 N–H and O–H groups in total. The molecule has 0 radical (unpaired) electrons. The number of aromatic nitrogens is 2. The zero-order valence-corrected chi connectivity index (χ0v) is 15.6. The molecule has 0 bridgehead atoms. The van der Waals surface area contributed by atoms with Gasteiger partial charge in [-0.15, -0.1) is 0 Å². The number of fused-ring (bicyclic) bond motifs is 1. The minimum absolute atomic E-state index is 0.315. The van der Waals surface area contributed by atoms with E-state index in [0.717, 1.165) is 28.5 Å². The van der Waals surface area contributed by atoms with Crippen molar-refractivity contribution >= 4 is 22.2 Å². The second-order valence-electron chi connectivity index (χ2n) is 6.52. The standard InChI is InChI=1S/C23H16F3N3O/c1-15(29-18-6-3-5-17(13-18)23(24,25)26)20-7-2-4-16-12-19(8-9-21(16)20)30-22-10-11-27-14-28-22/h2-14,29H,1H2. The summed E-state index contributed by atoms with van der Waals surface area (Å²) in [6.45, 7) is 4.01. The van der Waals surface area contributed by atoms with Crippen LogP contribution in [0.25, 0.3) is 16.5 Å². The fourth-order valence-corrected chi connectivity index (χ4v) is 3.06. The number of anilines is 1. The first-order valence-electron chi connectivity index (χ1n) is 9.00. The lowest BCUT2D eigenvalue weighted by molar-refractivity contribution is -0.137. The smallest absolute Gasteiger partial charge is 0.416 e. The maximum Gasteiger partial charge on any atom is 0.416 e. The first-order valence-corrected chi connectivity index (χ1v) is 9.00. The number of halogens is 3. The molecule has 0 unspecified atom stereocenters. The molecule has 3 aromatic carbocycles. The molecule has 0 saturated carbocycles. The van der Waals surface area contributed by atoms with E-state index in [0.29, 0.717) is 23.0 Å². The van der Waals surface area contributed by atoms with Gasteiger partial charge in [0.05, 0.1) is 5.56 Å². The number of alkyl halides is 3. The molecular weight excluding hydrogens is 391 g/mol. The van der Waals surface area contributed by atoms with Gasteiger partial charge in [0.25, 0.3) is 0 Å². The fourth-order valence-electron chi connectivity index (χ4n) is 3.06. The second-order valence-corrected chi connectivity index (χ2v) is 6.52. The molecule has 0 aliphatic rings. The summed E-state index contributed by atoms with van der Waals surface area (Å²) in [5, 5.41) is 4.76. The molecule has 4 nitrogen and oxygen atoms in total. The minimum Gasteiger partial charge on any atom is -0.439 e. The van der Waals surface area contributed by atoms with E-state index in [-0.39, 0.29) is 0 Å². The van der Waals surface area contributed by atoms with Gasteiger partial charge in [0.2, 0.25) is 5.88 Å². The summed E-state index contributed by atoms with van der Waals surface area (Å²) in [5.41, 5.74) is 0.864. The normalized spacial score (nSPS) is 11.3. The highest BCUT2D eigenvalue weighted by atomic mass is 19.4. The first kappa shape index (κ1) is 19.4. The van der Waals surface area contributed by atoms with E-state index in [2.05, 4.69) is 21.9 Å². The predicted molar refractivity (Wildman–Crippen MR) is 110 cm³/mol. The Kier molecular flexibility index (Phi) is 5.10. The van der Waals surface area contributed by atoms with Gasteiger partial charge < -0.3 is 10.1 Å². The molecule has 1 heterocycles. The first-order chi connectivity index (χ1) is 14.4. The van der Waals surface area contributed by atoms with Crippen molar-refractivity contribution in [3.8, 4) is 11.6 Å². The molecule has 0 aliphatic heterocycles. The van der Waals surface area contributed by atoms with E-state index >= 15 is 0 Å². The summed E-state index contributed by atoms with van der Waals surface area (Å²) < 4.78 is 44.6. The van der Waals surface area contributed by atoms with E-state index in [9.17, 15) is 13.2 Å². The third-order valence-electron chi connectivity index (χ3n) is 4.44. The Morgan fingerprint density at radius 1 is 0.967 bits per heavy atom. The summed E-state index contributed by atoms with van der Waals surface area (Å²) in [6.07, 6.45) is -1.42. The second kappa shape index (κ2) is 7.87. The van der Waals surface area contributed by atoms with Crippen LogP contribution in [0, 0.1) is 0 Å². The van der Waals surface area contributed by atoms with E-state index in [4.69, 9.17) is 4.74 Å². The molecule has 1 aromatic heterocycles. The molecular formula is C23H16F3N3O. The SMILES string of the molecule is C=C(Nc1cccc(C(F)(F)F)c1)c1cccc2cc(Oc3ccncn3)ccc12. The number of hydrogen-bond acceptors (Lipinski definition) is 4. The van der Waals surface area contributed by atoms with E-state index in [1.165, 1.54) is 12.4 Å². The number of hydrogen-bond donors (Lipinski definition) is 1. The van der Waals surface area contributed by atoms with Crippen LogP contribution in [0.15, 0.2) is 85.8 Å². The van der Waals surface area contributed by atoms with Crippen LogP contribution in [-0.4, -0.2) is 9.97 Å². The van der Waals surface area contributed by atoms with Gasteiger partial charge in [-0.1, -0.05) is 30.8 Å². The lowest BCUT2D eigenvalue weighted by Crippen LogP contribution is -2.06. The van der Waals surface area contributed by atoms with Crippen LogP contribution in [0.3, 0.4) is 0 Å². The molecule has 7 heteroatoms. The molecule has 0 aliphatic carbocycles. The lowest BCUT2D eigenvalue weighted by atomic mass is 10.0. The molecule has 150 valence electrons. The van der Waals surface area contributed by atoms with Gasteiger partial charge in [-0.25, -0.2) is 9.97 Å². The third-order valence-corrected chi connectivity index (χ3v) is 4.44. The van der Waals surface area contributed by atoms with E-state index in [1.807, 2.05) is 30.3 Å². The van der Waals surface area contributed by atoms with Crippen molar-refractivity contribution in [1.82, 2.24) is 9.97 Å². The summed E-state index contributed by atoms with van der Waals surface area (Å²) in [4.78, 5) is 7.88. The molecule has 0 saturated heterocycles. The number of nitrogens with one attached hydrogen (secondary N) is 1. The van der Waals surface area contributed by atoms with E-state index < -0.39 is 11.7 Å². The number of benzene rings is 3. The zero-order chi connectivity index (χ0) is 21.1. The van der Waals surface area contributed by atoms with Crippen molar-refractivity contribution < 1.29 is 17.9 Å². The quantitative estimate of drug-likeness (QED) is 0.409. The Balaban J connectivity index is 1.60. The summed E-state index contributed by atoms with van der Waals surface area (Å²) in [6, 6.07) is 17.8. The van der Waals surface area contributed by atoms with Crippen molar-refractivity contribution in [3.05, 3.63) is 97.0 Å². The Bertz CT molecular complexity index is 1210. The predicted octanol–water partition coefficient (Wildman–Crippen LogP) is 6.52. The highest BCUT2D eigenvalue weighted by molar-refractivity contribution is 5.96. The van der Waals surface area contributed by atoms with Gasteiger partial charge in [-0.3, -0.25) is 0 Å². The third kappa shape index (κ3) is 4.25. The van der Waals surface area contributed by atoms with Gasteiger partial charge in [0.1, 0.15) is 12.1 Å². The molecule has 0 atom stereocenters. The average Bonchev–Trinajstić information content (AvgIpc) is 2.73. The Morgan fingerprint density at radius 2 is 1.80 bits per heavy atom. The molecule has 4 rings (SSSR count). The number of ether oxygens (including phenoxy) is 1. The van der Waals surface area contributed by atoms with Crippen molar-refractivity contribution in [2.75, 3.05) is 5.32 Å². The van der Waals surface area contributed by atoms with Crippen LogP contribution in [0.2, 0.25) is 0 Å². The van der Waals surface area contributed by atoms with Crippen molar-refractivity contribution in [2.24, 2.45) is 0 Å². The van der Waals surface area contributed by atoms with Crippen LogP contribution in [0.5, 0.6) is 11.6 Å². The van der Waals surface area contributed by atoms with Crippen LogP contribution >= 0.6 is 0 Å². The van der Waals surface area contributed by atoms with Crippen LogP contribution in [0.4, 0.5) is 18.9 Å². The highest BCUT2D eigenvalue weighted by Crippen LogP contribution is 2.33. The Hall–Kier alpha value is -3.87. The van der Waals surface area contributed by atoms with Crippen molar-refractivity contribution in [1.29, 1.82) is 0 Å². The summed E-state index contributed by atoms with van der Waals surface area (Å²) >= 11 is 0. The zero-order valence-electron chi connectivity index (χ0n) is 15.6. The minimum atomic E-state index is -4.40. The lowest BCUT2D eigenvalue weighted by Gasteiger charge is -2.15. The van der Waals surface area contributed by atoms with E-state index in [1.54, 1.807) is 24.4 Å². The topological polar surface area (TPSA) is 47.0 Å². The molecule has 0 spiro atoms. The largest absolute Gasteiger partial charge is 0.439 e. The summed E-state index contributed by atoms with van der Waals surface area (Å²) in [5.74, 6) is 1.03. The Labute approximate surface area is 170 Å². The van der Waals surface area contributed by atoms with Crippen molar-refractivity contribution in [2.45, 2.75) is 6.18 Å². The van der Waals surface area contributed by atoms with Crippen LogP contribution in [0.1, 0.15) is 11.1 Å². The molecule has 0 fully saturated rings. The fraction of sp³-hybridized carbons (Fsp3) is 0.0435. The Morgan fingerprint density at radius 3 is 2.57 bits per heavy atom. The maximum absolute atomic E-state index is 13.0. The highest BCUT2D eigenvalue weighted by Gasteiger charge is 2.30. The van der Waals surface area contributed by atoms with Gasteiger partial charge in [-0.2, -0.15) is 13.2 Å². The van der Waals surface area contributed by atoms with Crippen LogP contribution < -0.4 is 10.1 Å².